The molecule has 1 aromatic heterocycles. The smallest absolute Gasteiger partial charge is 0.293 e. The number of amides is 1. The number of aromatic nitrogens is 2. The molecule has 1 amide bonds. The Balaban J connectivity index is 1.80. The van der Waals surface area contributed by atoms with E-state index < -0.39 is 14.2 Å². The Morgan fingerprint density at radius 2 is 1.71 bits per heavy atom. The first kappa shape index (κ1) is 26.4. The number of halogens is 2. The van der Waals surface area contributed by atoms with Crippen molar-refractivity contribution >= 4 is 43.1 Å². The second-order valence-corrected chi connectivity index (χ2v) is 15.7. The van der Waals surface area contributed by atoms with Crippen molar-refractivity contribution < 1.29 is 9.22 Å². The number of rotatable bonds is 6. The minimum absolute atomic E-state index is 0.0534. The molecule has 0 fully saturated rings. The van der Waals surface area contributed by atoms with Crippen molar-refractivity contribution in [3.8, 4) is 11.3 Å². The van der Waals surface area contributed by atoms with Crippen molar-refractivity contribution in [2.75, 3.05) is 5.32 Å². The van der Waals surface area contributed by atoms with E-state index in [4.69, 9.17) is 27.6 Å². The van der Waals surface area contributed by atoms with Crippen LogP contribution in [0.25, 0.3) is 11.3 Å². The van der Waals surface area contributed by atoms with Gasteiger partial charge in [-0.1, -0.05) is 56.1 Å². The number of hydrogen-bond donors (Lipinski definition) is 1. The van der Waals surface area contributed by atoms with Crippen molar-refractivity contribution in [2.24, 2.45) is 0 Å². The Kier molecular flexibility index (Phi) is 7.88. The molecule has 0 bridgehead atoms. The third-order valence-corrected chi connectivity index (χ3v) is 11.3. The molecule has 0 aliphatic rings. The van der Waals surface area contributed by atoms with Crippen molar-refractivity contribution in [1.82, 2.24) is 9.97 Å². The maximum absolute atomic E-state index is 13.0. The topological polar surface area (TPSA) is 64.1 Å². The van der Waals surface area contributed by atoms with Crippen LogP contribution in [-0.4, -0.2) is 24.2 Å². The molecule has 3 aromatic rings. The maximum Gasteiger partial charge on any atom is 0.293 e. The first-order chi connectivity index (χ1) is 15.8. The highest BCUT2D eigenvalue weighted by Crippen LogP contribution is 2.37. The largest absolute Gasteiger partial charge is 0.413 e. The molecule has 0 saturated heterocycles. The minimum atomic E-state index is -1.85. The Morgan fingerprint density at radius 1 is 1.06 bits per heavy atom. The summed E-state index contributed by atoms with van der Waals surface area (Å²) in [5.41, 5.74) is 4.92. The van der Waals surface area contributed by atoms with Crippen LogP contribution in [0.4, 0.5) is 5.69 Å². The fourth-order valence-electron chi connectivity index (χ4n) is 3.30. The lowest BCUT2D eigenvalue weighted by molar-refractivity contribution is 0.101. The van der Waals surface area contributed by atoms with Gasteiger partial charge in [-0.2, -0.15) is 0 Å². The van der Waals surface area contributed by atoms with Crippen LogP contribution in [0.15, 0.2) is 42.6 Å². The van der Waals surface area contributed by atoms with E-state index in [2.05, 4.69) is 61.3 Å². The standard InChI is InChI=1S/C26H31Cl2N3O2Si/c1-16-12-18(15-33-34(6,7)26(3,4)5)13-17(2)23(16)31-25(32)24-29-11-10-22(30-24)20-14-19(27)8-9-21(20)28/h8-14H,15H2,1-7H3,(H,31,32). The Hall–Kier alpha value is -2.25. The van der Waals surface area contributed by atoms with Gasteiger partial charge in [0.1, 0.15) is 0 Å². The number of aryl methyl sites for hydroxylation is 2. The monoisotopic (exact) mass is 515 g/mol. The molecule has 0 unspecified atom stereocenters. The molecule has 8 heteroatoms. The van der Waals surface area contributed by atoms with E-state index in [1.54, 1.807) is 24.3 Å². The van der Waals surface area contributed by atoms with Crippen LogP contribution in [0.5, 0.6) is 0 Å². The zero-order valence-electron chi connectivity index (χ0n) is 20.7. The van der Waals surface area contributed by atoms with Gasteiger partial charge < -0.3 is 9.74 Å². The average Bonchev–Trinajstić information content (AvgIpc) is 2.75. The lowest BCUT2D eigenvalue weighted by Crippen LogP contribution is -2.40. The number of benzene rings is 2. The molecule has 0 spiro atoms. The Bertz CT molecular complexity index is 1200. The number of carbonyl (C=O) groups excluding carboxylic acids is 1. The summed E-state index contributed by atoms with van der Waals surface area (Å²) in [4.78, 5) is 21.6. The van der Waals surface area contributed by atoms with Crippen LogP contribution in [0.2, 0.25) is 28.2 Å². The average molecular weight is 517 g/mol. The fraction of sp³-hybridized carbons (Fsp3) is 0.346. The number of nitrogens with zero attached hydrogens (tertiary/aromatic N) is 2. The molecular weight excluding hydrogens is 485 g/mol. The summed E-state index contributed by atoms with van der Waals surface area (Å²) >= 11 is 12.4. The van der Waals surface area contributed by atoms with E-state index in [-0.39, 0.29) is 10.9 Å². The third-order valence-electron chi connectivity index (χ3n) is 6.30. The van der Waals surface area contributed by atoms with Gasteiger partial charge in [-0.3, -0.25) is 4.79 Å². The number of nitrogens with one attached hydrogen (secondary N) is 1. The summed E-state index contributed by atoms with van der Waals surface area (Å²) in [6.45, 7) is 15.7. The summed E-state index contributed by atoms with van der Waals surface area (Å²) in [7, 11) is -1.85. The molecule has 34 heavy (non-hydrogen) atoms. The van der Waals surface area contributed by atoms with E-state index in [0.717, 1.165) is 22.4 Å². The van der Waals surface area contributed by atoms with Crippen molar-refractivity contribution in [1.29, 1.82) is 0 Å². The van der Waals surface area contributed by atoms with Crippen molar-refractivity contribution in [3.05, 3.63) is 75.2 Å². The van der Waals surface area contributed by atoms with Crippen LogP contribution in [0.3, 0.4) is 0 Å². The Labute approximate surface area is 213 Å². The summed E-state index contributed by atoms with van der Waals surface area (Å²) in [5.74, 6) is -0.339. The highest BCUT2D eigenvalue weighted by molar-refractivity contribution is 6.74. The summed E-state index contributed by atoms with van der Waals surface area (Å²) in [5, 5.41) is 4.15. The summed E-state index contributed by atoms with van der Waals surface area (Å²) < 4.78 is 6.36. The maximum atomic E-state index is 13.0. The molecule has 1 heterocycles. The van der Waals surface area contributed by atoms with Crippen LogP contribution in [-0.2, 0) is 11.0 Å². The number of anilines is 1. The summed E-state index contributed by atoms with van der Waals surface area (Å²) in [6, 6.07) is 10.9. The molecule has 180 valence electrons. The van der Waals surface area contributed by atoms with Gasteiger partial charge >= 0.3 is 0 Å². The second-order valence-electron chi connectivity index (χ2n) is 10.00. The van der Waals surface area contributed by atoms with Gasteiger partial charge in [-0.05, 0) is 72.9 Å². The van der Waals surface area contributed by atoms with Gasteiger partial charge in [0.2, 0.25) is 5.82 Å². The van der Waals surface area contributed by atoms with Crippen LogP contribution in [0.1, 0.15) is 48.1 Å². The van der Waals surface area contributed by atoms with Gasteiger partial charge in [-0.15, -0.1) is 0 Å². The van der Waals surface area contributed by atoms with Gasteiger partial charge in [0.15, 0.2) is 8.32 Å². The molecule has 0 aliphatic carbocycles. The fourth-order valence-corrected chi connectivity index (χ4v) is 4.64. The van der Waals surface area contributed by atoms with Crippen LogP contribution in [0, 0.1) is 13.8 Å². The third kappa shape index (κ3) is 6.05. The minimum Gasteiger partial charge on any atom is -0.413 e. The molecule has 3 rings (SSSR count). The van der Waals surface area contributed by atoms with Gasteiger partial charge in [0.25, 0.3) is 5.91 Å². The molecule has 0 aliphatic heterocycles. The highest BCUT2D eigenvalue weighted by Gasteiger charge is 2.37. The molecule has 5 nitrogen and oxygen atoms in total. The lowest BCUT2D eigenvalue weighted by Gasteiger charge is -2.36. The van der Waals surface area contributed by atoms with Gasteiger partial charge in [-0.25, -0.2) is 9.97 Å². The molecule has 1 N–H and O–H groups in total. The van der Waals surface area contributed by atoms with Crippen molar-refractivity contribution in [2.45, 2.75) is 59.4 Å². The first-order valence-corrected chi connectivity index (χ1v) is 14.8. The van der Waals surface area contributed by atoms with Gasteiger partial charge in [0, 0.05) is 22.5 Å². The van der Waals surface area contributed by atoms with E-state index in [0.29, 0.717) is 27.9 Å². The highest BCUT2D eigenvalue weighted by atomic mass is 35.5. The predicted molar refractivity (Wildman–Crippen MR) is 143 cm³/mol. The molecule has 2 aromatic carbocycles. The van der Waals surface area contributed by atoms with E-state index in [1.165, 1.54) is 6.20 Å². The second kappa shape index (κ2) is 10.2. The van der Waals surface area contributed by atoms with Crippen LogP contribution < -0.4 is 5.32 Å². The first-order valence-electron chi connectivity index (χ1n) is 11.1. The SMILES string of the molecule is Cc1cc(CO[Si](C)(C)C(C)(C)C)cc(C)c1NC(=O)c1nccc(-c2cc(Cl)ccc2Cl)n1. The zero-order valence-corrected chi connectivity index (χ0v) is 23.2. The molecule has 0 atom stereocenters. The normalized spacial score (nSPS) is 12.0. The molecule has 0 radical (unpaired) electrons. The quantitative estimate of drug-likeness (QED) is 0.339. The van der Waals surface area contributed by atoms with Crippen LogP contribution >= 0.6 is 23.2 Å². The van der Waals surface area contributed by atoms with E-state index >= 15 is 0 Å². The zero-order chi connectivity index (χ0) is 25.3. The molecule has 0 saturated carbocycles. The van der Waals surface area contributed by atoms with Crippen molar-refractivity contribution in [3.63, 3.8) is 0 Å². The summed E-state index contributed by atoms with van der Waals surface area (Å²) in [6.07, 6.45) is 1.54. The van der Waals surface area contributed by atoms with E-state index in [1.807, 2.05) is 13.8 Å². The van der Waals surface area contributed by atoms with E-state index in [9.17, 15) is 4.79 Å². The number of hydrogen-bond acceptors (Lipinski definition) is 4. The Morgan fingerprint density at radius 3 is 2.32 bits per heavy atom. The van der Waals surface area contributed by atoms with Gasteiger partial charge in [0.05, 0.1) is 17.3 Å². The lowest BCUT2D eigenvalue weighted by atomic mass is 10.0. The number of carbonyl (C=O) groups is 1. The molecular formula is C26H31Cl2N3O2Si. The predicted octanol–water partition coefficient (Wildman–Crippen LogP) is 7.84.